The Morgan fingerprint density at radius 3 is 1.97 bits per heavy atom. The highest BCUT2D eigenvalue weighted by Gasteiger charge is 2.19. The number of hydrogen-bond acceptors (Lipinski definition) is 3. The minimum absolute atomic E-state index is 0.0694. The van der Waals surface area contributed by atoms with Gasteiger partial charge in [0.25, 0.3) is 0 Å². The summed E-state index contributed by atoms with van der Waals surface area (Å²) < 4.78 is 1.97. The third-order valence-electron chi connectivity index (χ3n) is 5.28. The normalized spacial score (nSPS) is 12.0. The second-order valence-corrected chi connectivity index (χ2v) is 9.46. The molecule has 0 radical (unpaired) electrons. The summed E-state index contributed by atoms with van der Waals surface area (Å²) in [6, 6.07) is 21.7. The smallest absolute Gasteiger partial charge is 0.199 e. The zero-order valence-corrected chi connectivity index (χ0v) is 18.9. The first-order valence-corrected chi connectivity index (χ1v) is 10.8. The molecule has 6 heteroatoms. The lowest BCUT2D eigenvalue weighted by Gasteiger charge is -2.19. The van der Waals surface area contributed by atoms with E-state index in [1.807, 2.05) is 41.0 Å². The largest absolute Gasteiger partial charge is 0.275 e. The second-order valence-electron chi connectivity index (χ2n) is 8.59. The Morgan fingerprint density at radius 2 is 1.35 bits per heavy atom. The van der Waals surface area contributed by atoms with Crippen molar-refractivity contribution < 1.29 is 0 Å². The predicted octanol–water partition coefficient (Wildman–Crippen LogP) is 7.24. The summed E-state index contributed by atoms with van der Waals surface area (Å²) in [7, 11) is 0. The molecule has 5 aromatic rings. The standard InChI is InChI=1S/C25H20Cl2N4/c1-25(2,3)16-10-8-15(9-11-16)23-30-22-24(29-21-7-5-4-6-20(21)28-22)31(23)19-13-17(26)12-18(27)14-19/h4-14H,1-3H3. The van der Waals surface area contributed by atoms with Gasteiger partial charge in [0.05, 0.1) is 16.7 Å². The van der Waals surface area contributed by atoms with Crippen molar-refractivity contribution in [2.75, 3.05) is 0 Å². The van der Waals surface area contributed by atoms with Gasteiger partial charge < -0.3 is 0 Å². The Balaban J connectivity index is 1.81. The number of hydrogen-bond donors (Lipinski definition) is 0. The molecule has 154 valence electrons. The van der Waals surface area contributed by atoms with Gasteiger partial charge in [-0.15, -0.1) is 0 Å². The maximum Gasteiger partial charge on any atom is 0.199 e. The van der Waals surface area contributed by atoms with E-state index in [2.05, 4.69) is 45.0 Å². The van der Waals surface area contributed by atoms with E-state index in [-0.39, 0.29) is 5.41 Å². The highest BCUT2D eigenvalue weighted by atomic mass is 35.5. The number of fused-ring (bicyclic) bond motifs is 2. The van der Waals surface area contributed by atoms with E-state index in [0.29, 0.717) is 21.3 Å². The van der Waals surface area contributed by atoms with Crippen LogP contribution in [0.3, 0.4) is 0 Å². The molecule has 0 aliphatic rings. The van der Waals surface area contributed by atoms with Gasteiger partial charge in [-0.3, -0.25) is 4.57 Å². The summed E-state index contributed by atoms with van der Waals surface area (Å²) in [4.78, 5) is 14.5. The minimum Gasteiger partial charge on any atom is -0.275 e. The average molecular weight is 447 g/mol. The number of benzene rings is 3. The molecule has 0 N–H and O–H groups in total. The lowest BCUT2D eigenvalue weighted by molar-refractivity contribution is 0.590. The fraction of sp³-hybridized carbons (Fsp3) is 0.160. The van der Waals surface area contributed by atoms with Gasteiger partial charge in [-0.2, -0.15) is 0 Å². The van der Waals surface area contributed by atoms with E-state index in [1.54, 1.807) is 6.07 Å². The number of rotatable bonds is 2. The Kier molecular flexibility index (Phi) is 4.72. The van der Waals surface area contributed by atoms with Crippen LogP contribution in [0.1, 0.15) is 26.3 Å². The molecule has 0 fully saturated rings. The van der Waals surface area contributed by atoms with Crippen LogP contribution in [0.15, 0.2) is 66.7 Å². The van der Waals surface area contributed by atoms with Crippen molar-refractivity contribution in [2.24, 2.45) is 0 Å². The molecule has 2 heterocycles. The molecule has 0 saturated carbocycles. The van der Waals surface area contributed by atoms with Crippen molar-refractivity contribution in [3.8, 4) is 17.1 Å². The molecule has 5 rings (SSSR count). The average Bonchev–Trinajstić information content (AvgIpc) is 3.09. The fourth-order valence-electron chi connectivity index (χ4n) is 3.68. The molecular formula is C25H20Cl2N4. The van der Waals surface area contributed by atoms with Gasteiger partial charge in [0.1, 0.15) is 5.82 Å². The highest BCUT2D eigenvalue weighted by molar-refractivity contribution is 6.34. The van der Waals surface area contributed by atoms with Gasteiger partial charge in [0.15, 0.2) is 11.3 Å². The summed E-state index contributed by atoms with van der Waals surface area (Å²) >= 11 is 12.7. The van der Waals surface area contributed by atoms with E-state index in [9.17, 15) is 0 Å². The van der Waals surface area contributed by atoms with E-state index in [0.717, 1.165) is 28.1 Å². The number of imidazole rings is 1. The molecule has 0 bridgehead atoms. The molecule has 0 spiro atoms. The van der Waals surface area contributed by atoms with Gasteiger partial charge in [0, 0.05) is 15.6 Å². The third-order valence-corrected chi connectivity index (χ3v) is 5.72. The Labute approximate surface area is 190 Å². The van der Waals surface area contributed by atoms with Crippen LogP contribution in [-0.2, 0) is 5.41 Å². The van der Waals surface area contributed by atoms with Gasteiger partial charge in [-0.05, 0) is 41.3 Å². The van der Waals surface area contributed by atoms with Gasteiger partial charge in [0.2, 0.25) is 0 Å². The quantitative estimate of drug-likeness (QED) is 0.287. The summed E-state index contributed by atoms with van der Waals surface area (Å²) in [6.07, 6.45) is 0. The van der Waals surface area contributed by atoms with Crippen molar-refractivity contribution in [3.63, 3.8) is 0 Å². The van der Waals surface area contributed by atoms with Gasteiger partial charge in [-0.1, -0.05) is 80.4 Å². The maximum absolute atomic E-state index is 6.33. The molecule has 31 heavy (non-hydrogen) atoms. The number of nitrogens with zero attached hydrogens (tertiary/aromatic N) is 4. The van der Waals surface area contributed by atoms with E-state index >= 15 is 0 Å². The molecule has 4 nitrogen and oxygen atoms in total. The Morgan fingerprint density at radius 1 is 0.742 bits per heavy atom. The Bertz CT molecular complexity index is 1410. The van der Waals surface area contributed by atoms with Crippen molar-refractivity contribution >= 4 is 45.5 Å². The summed E-state index contributed by atoms with van der Waals surface area (Å²) in [5.41, 5.74) is 5.92. The topological polar surface area (TPSA) is 43.6 Å². The molecule has 0 amide bonds. The van der Waals surface area contributed by atoms with Crippen LogP contribution in [0.2, 0.25) is 10.0 Å². The summed E-state index contributed by atoms with van der Waals surface area (Å²) in [6.45, 7) is 6.60. The summed E-state index contributed by atoms with van der Waals surface area (Å²) in [5.74, 6) is 0.740. The minimum atomic E-state index is 0.0694. The van der Waals surface area contributed by atoms with Gasteiger partial charge in [-0.25, -0.2) is 15.0 Å². The zero-order chi connectivity index (χ0) is 21.8. The SMILES string of the molecule is CC(C)(C)c1ccc(-c2nc3nc4ccccc4nc3n2-c2cc(Cl)cc(Cl)c2)cc1. The van der Waals surface area contributed by atoms with Crippen LogP contribution < -0.4 is 0 Å². The second kappa shape index (κ2) is 7.33. The molecule has 3 aromatic carbocycles. The monoisotopic (exact) mass is 446 g/mol. The summed E-state index contributed by atoms with van der Waals surface area (Å²) in [5, 5.41) is 1.10. The first kappa shape index (κ1) is 20.0. The van der Waals surface area contributed by atoms with Gasteiger partial charge >= 0.3 is 0 Å². The molecule has 2 aromatic heterocycles. The first-order valence-electron chi connectivity index (χ1n) is 10.0. The van der Waals surface area contributed by atoms with Crippen LogP contribution in [0, 0.1) is 0 Å². The Hall–Kier alpha value is -2.95. The predicted molar refractivity (Wildman–Crippen MR) is 128 cm³/mol. The van der Waals surface area contributed by atoms with Crippen LogP contribution in [0.5, 0.6) is 0 Å². The molecule has 0 unspecified atom stereocenters. The zero-order valence-electron chi connectivity index (χ0n) is 17.4. The lowest BCUT2D eigenvalue weighted by Crippen LogP contribution is -2.10. The molecule has 0 aliphatic carbocycles. The fourth-order valence-corrected chi connectivity index (χ4v) is 4.20. The first-order chi connectivity index (χ1) is 14.8. The number of para-hydroxylation sites is 2. The van der Waals surface area contributed by atoms with Crippen molar-refractivity contribution in [2.45, 2.75) is 26.2 Å². The van der Waals surface area contributed by atoms with E-state index < -0.39 is 0 Å². The maximum atomic E-state index is 6.33. The van der Waals surface area contributed by atoms with Crippen molar-refractivity contribution in [1.82, 2.24) is 19.5 Å². The highest BCUT2D eigenvalue weighted by Crippen LogP contribution is 2.32. The van der Waals surface area contributed by atoms with Crippen molar-refractivity contribution in [3.05, 3.63) is 82.3 Å². The molecular weight excluding hydrogens is 427 g/mol. The van der Waals surface area contributed by atoms with Crippen LogP contribution in [0.25, 0.3) is 39.4 Å². The van der Waals surface area contributed by atoms with Crippen molar-refractivity contribution in [1.29, 1.82) is 0 Å². The number of aromatic nitrogens is 4. The van der Waals surface area contributed by atoms with Crippen LogP contribution in [-0.4, -0.2) is 19.5 Å². The van der Waals surface area contributed by atoms with Crippen LogP contribution >= 0.6 is 23.2 Å². The third kappa shape index (κ3) is 3.67. The van der Waals surface area contributed by atoms with E-state index in [4.69, 9.17) is 38.2 Å². The lowest BCUT2D eigenvalue weighted by atomic mass is 9.87. The molecule has 0 aliphatic heterocycles. The van der Waals surface area contributed by atoms with Crippen LogP contribution in [0.4, 0.5) is 0 Å². The molecule has 0 atom stereocenters. The van der Waals surface area contributed by atoms with E-state index in [1.165, 1.54) is 5.56 Å². The molecule has 0 saturated heterocycles. The number of halogens is 2.